The molecule has 0 heterocycles. The number of hydrogen-bond donors (Lipinski definition) is 1. The first-order valence-corrected chi connectivity index (χ1v) is 11.5. The van der Waals surface area contributed by atoms with E-state index >= 15 is 0 Å². The van der Waals surface area contributed by atoms with E-state index in [0.717, 1.165) is 35.6 Å². The topological polar surface area (TPSA) is 82.1 Å². The summed E-state index contributed by atoms with van der Waals surface area (Å²) in [5.41, 5.74) is 3.49. The number of allylic oxidation sites excluding steroid dienone is 3. The fourth-order valence-electron chi connectivity index (χ4n) is 3.53. The Morgan fingerprint density at radius 1 is 1.03 bits per heavy atom. The van der Waals surface area contributed by atoms with Crippen LogP contribution in [-0.2, 0) is 14.3 Å². The first kappa shape index (κ1) is 25.9. The van der Waals surface area contributed by atoms with Gasteiger partial charge in [0.1, 0.15) is 5.75 Å². The van der Waals surface area contributed by atoms with Gasteiger partial charge in [-0.3, -0.25) is 0 Å². The number of aliphatic hydroxyl groups excluding tert-OH is 1. The first-order valence-electron chi connectivity index (χ1n) is 11.5. The summed E-state index contributed by atoms with van der Waals surface area (Å²) in [6, 6.07) is 14.3. The van der Waals surface area contributed by atoms with Crippen molar-refractivity contribution < 1.29 is 28.9 Å². The number of carbonyl (C=O) groups is 2. The number of esters is 2. The summed E-state index contributed by atoms with van der Waals surface area (Å²) < 4.78 is 15.7. The highest BCUT2D eigenvalue weighted by molar-refractivity contribution is 5.90. The third kappa shape index (κ3) is 8.21. The maximum Gasteiger partial charge on any atom is 0.338 e. The molecule has 0 radical (unpaired) electrons. The second-order valence-electron chi connectivity index (χ2n) is 8.03. The van der Waals surface area contributed by atoms with Crippen LogP contribution < -0.4 is 4.74 Å². The van der Waals surface area contributed by atoms with E-state index in [2.05, 4.69) is 31.4 Å². The Kier molecular flexibility index (Phi) is 9.78. The molecule has 1 N–H and O–H groups in total. The van der Waals surface area contributed by atoms with E-state index in [0.29, 0.717) is 36.9 Å². The number of aliphatic hydroxyl groups is 1. The van der Waals surface area contributed by atoms with Gasteiger partial charge >= 0.3 is 11.9 Å². The van der Waals surface area contributed by atoms with Crippen LogP contribution in [0.2, 0.25) is 0 Å². The predicted octanol–water partition coefficient (Wildman–Crippen LogP) is 5.41. The zero-order valence-corrected chi connectivity index (χ0v) is 19.6. The van der Waals surface area contributed by atoms with E-state index in [4.69, 9.17) is 14.2 Å². The van der Waals surface area contributed by atoms with Gasteiger partial charge in [0.15, 0.2) is 6.29 Å². The van der Waals surface area contributed by atoms with Crippen molar-refractivity contribution in [3.63, 3.8) is 0 Å². The minimum Gasteiger partial charge on any atom is -0.462 e. The molecule has 6 heteroatoms. The lowest BCUT2D eigenvalue weighted by atomic mass is 9.93. The summed E-state index contributed by atoms with van der Waals surface area (Å²) >= 11 is 0. The fraction of sp³-hybridized carbons (Fsp3) is 0.241. The lowest BCUT2D eigenvalue weighted by Gasteiger charge is -2.17. The molecule has 0 fully saturated rings. The van der Waals surface area contributed by atoms with Crippen LogP contribution in [0, 0.1) is 5.92 Å². The van der Waals surface area contributed by atoms with Crippen molar-refractivity contribution >= 4 is 11.9 Å². The van der Waals surface area contributed by atoms with Crippen molar-refractivity contribution in [1.29, 1.82) is 0 Å². The Morgan fingerprint density at radius 3 is 2.31 bits per heavy atom. The molecule has 0 saturated carbocycles. The molecule has 2 unspecified atom stereocenters. The molecule has 35 heavy (non-hydrogen) atoms. The number of carbonyl (C=O) groups excluding carboxylic acids is 2. The van der Waals surface area contributed by atoms with E-state index < -0.39 is 12.3 Å². The van der Waals surface area contributed by atoms with E-state index in [-0.39, 0.29) is 5.97 Å². The molecule has 182 valence electrons. The third-order valence-corrected chi connectivity index (χ3v) is 5.56. The lowest BCUT2D eigenvalue weighted by molar-refractivity contribution is -0.128. The van der Waals surface area contributed by atoms with Crippen molar-refractivity contribution in [2.45, 2.75) is 25.6 Å². The normalized spacial score (nSPS) is 15.6. The monoisotopic (exact) mass is 474 g/mol. The number of hydrogen-bond acceptors (Lipinski definition) is 6. The maximum absolute atomic E-state index is 12.4. The van der Waals surface area contributed by atoms with E-state index in [9.17, 15) is 14.7 Å². The zero-order chi connectivity index (χ0) is 25.0. The van der Waals surface area contributed by atoms with E-state index in [1.807, 2.05) is 24.3 Å². The highest BCUT2D eigenvalue weighted by Crippen LogP contribution is 2.24. The standard InChI is InChI=1S/C29H30O6/c1-3-27(30)33-19-17-21-5-7-22(8-6-21)18-20-34-29(32)25-11-9-23(10-12-25)24-13-15-26(16-14-24)35-28(31)4-2/h3-5,7-16,21,27,30H,1-2,6,17-20H2. The van der Waals surface area contributed by atoms with Crippen LogP contribution in [0.4, 0.5) is 0 Å². The molecule has 0 saturated heterocycles. The predicted molar refractivity (Wildman–Crippen MR) is 135 cm³/mol. The van der Waals surface area contributed by atoms with Gasteiger partial charge in [0, 0.05) is 12.5 Å². The number of rotatable bonds is 12. The van der Waals surface area contributed by atoms with Crippen molar-refractivity contribution in [3.8, 4) is 16.9 Å². The Balaban J connectivity index is 1.41. The molecule has 0 amide bonds. The van der Waals surface area contributed by atoms with Gasteiger partial charge < -0.3 is 19.3 Å². The SMILES string of the molecule is C=CC(=O)Oc1ccc(-c2ccc(C(=O)OCCC3=CCC(CCOC(O)C=C)C=C3)cc2)cc1. The van der Waals surface area contributed by atoms with Crippen molar-refractivity contribution in [3.05, 3.63) is 103 Å². The molecule has 0 aliphatic heterocycles. The molecule has 2 aromatic rings. The summed E-state index contributed by atoms with van der Waals surface area (Å²) in [6.45, 7) is 7.63. The molecule has 0 bridgehead atoms. The minimum atomic E-state index is -0.915. The first-order chi connectivity index (χ1) is 17.0. The smallest absolute Gasteiger partial charge is 0.338 e. The van der Waals surface area contributed by atoms with E-state index in [1.54, 1.807) is 24.3 Å². The summed E-state index contributed by atoms with van der Waals surface area (Å²) in [5.74, 6) is -0.0589. The largest absolute Gasteiger partial charge is 0.462 e. The summed E-state index contributed by atoms with van der Waals surface area (Å²) in [4.78, 5) is 23.7. The second-order valence-corrected chi connectivity index (χ2v) is 8.03. The highest BCUT2D eigenvalue weighted by Gasteiger charge is 2.12. The summed E-state index contributed by atoms with van der Waals surface area (Å²) in [7, 11) is 0. The Hall–Kier alpha value is -3.74. The van der Waals surface area contributed by atoms with Crippen LogP contribution in [0.1, 0.15) is 29.6 Å². The van der Waals surface area contributed by atoms with Gasteiger partial charge in [-0.15, -0.1) is 0 Å². The van der Waals surface area contributed by atoms with Crippen molar-refractivity contribution in [1.82, 2.24) is 0 Å². The van der Waals surface area contributed by atoms with Gasteiger partial charge in [-0.2, -0.15) is 0 Å². The Labute approximate surface area is 205 Å². The van der Waals surface area contributed by atoms with Crippen LogP contribution in [-0.4, -0.2) is 36.5 Å². The van der Waals surface area contributed by atoms with Crippen LogP contribution in [0.5, 0.6) is 5.75 Å². The van der Waals surface area contributed by atoms with Crippen LogP contribution in [0.25, 0.3) is 11.1 Å². The fourth-order valence-corrected chi connectivity index (χ4v) is 3.53. The minimum absolute atomic E-state index is 0.307. The van der Waals surface area contributed by atoms with Gasteiger partial charge in [-0.05, 0) is 65.8 Å². The Bertz CT molecular complexity index is 1080. The molecular formula is C29H30O6. The maximum atomic E-state index is 12.4. The van der Waals surface area contributed by atoms with Crippen molar-refractivity contribution in [2.75, 3.05) is 13.2 Å². The molecule has 2 atom stereocenters. The van der Waals surface area contributed by atoms with Crippen LogP contribution in [0.3, 0.4) is 0 Å². The van der Waals surface area contributed by atoms with Gasteiger partial charge in [0.25, 0.3) is 0 Å². The molecule has 1 aliphatic rings. The molecule has 0 spiro atoms. The molecule has 1 aliphatic carbocycles. The molecule has 3 rings (SSSR count). The van der Waals surface area contributed by atoms with Gasteiger partial charge in [0.2, 0.25) is 0 Å². The van der Waals surface area contributed by atoms with Gasteiger partial charge in [0.05, 0.1) is 18.8 Å². The third-order valence-electron chi connectivity index (χ3n) is 5.56. The van der Waals surface area contributed by atoms with Gasteiger partial charge in [-0.1, -0.05) is 55.7 Å². The zero-order valence-electron chi connectivity index (χ0n) is 19.6. The molecule has 6 nitrogen and oxygen atoms in total. The Morgan fingerprint density at radius 2 is 1.71 bits per heavy atom. The average molecular weight is 475 g/mol. The molecular weight excluding hydrogens is 444 g/mol. The summed E-state index contributed by atoms with van der Waals surface area (Å²) in [5, 5.41) is 9.33. The van der Waals surface area contributed by atoms with E-state index in [1.165, 1.54) is 6.08 Å². The number of benzene rings is 2. The molecule has 0 aromatic heterocycles. The second kappa shape index (κ2) is 13.2. The number of ether oxygens (including phenoxy) is 3. The highest BCUT2D eigenvalue weighted by atomic mass is 16.6. The average Bonchev–Trinajstić information content (AvgIpc) is 2.90. The van der Waals surface area contributed by atoms with Crippen molar-refractivity contribution in [2.24, 2.45) is 5.92 Å². The van der Waals surface area contributed by atoms with Crippen LogP contribution >= 0.6 is 0 Å². The van der Waals surface area contributed by atoms with Crippen LogP contribution in [0.15, 0.2) is 97.6 Å². The quantitative estimate of drug-likeness (QED) is 0.146. The lowest BCUT2D eigenvalue weighted by Crippen LogP contribution is -2.12. The molecule has 2 aromatic carbocycles. The summed E-state index contributed by atoms with van der Waals surface area (Å²) in [6.07, 6.45) is 10.3. The van der Waals surface area contributed by atoms with Gasteiger partial charge in [-0.25, -0.2) is 9.59 Å².